The van der Waals surface area contributed by atoms with Crippen LogP contribution in [0, 0.1) is 40.5 Å². The number of benzene rings is 3. The molecule has 228 valence electrons. The zero-order valence-corrected chi connectivity index (χ0v) is 24.1. The van der Waals surface area contributed by atoms with Gasteiger partial charge in [-0.1, -0.05) is 29.8 Å². The van der Waals surface area contributed by atoms with Crippen molar-refractivity contribution in [2.24, 2.45) is 0 Å². The van der Waals surface area contributed by atoms with Crippen LogP contribution in [0.2, 0.25) is 5.02 Å². The van der Waals surface area contributed by atoms with Crippen molar-refractivity contribution in [3.8, 4) is 6.07 Å². The van der Waals surface area contributed by atoms with Gasteiger partial charge in [-0.15, -0.1) is 5.53 Å². The van der Waals surface area contributed by atoms with Gasteiger partial charge in [-0.25, -0.2) is 22.5 Å². The molecule has 8 nitrogen and oxygen atoms in total. The predicted octanol–water partition coefficient (Wildman–Crippen LogP) is 6.39. The van der Waals surface area contributed by atoms with E-state index in [1.165, 1.54) is 53.8 Å². The lowest BCUT2D eigenvalue weighted by atomic mass is 9.69. The Morgan fingerprint density at radius 3 is 2.37 bits per heavy atom. The zero-order valence-electron chi connectivity index (χ0n) is 23.3. The van der Waals surface area contributed by atoms with Crippen molar-refractivity contribution in [3.63, 3.8) is 0 Å². The molecule has 6 rings (SSSR count). The lowest BCUT2D eigenvalue weighted by Crippen LogP contribution is -2.45. The summed E-state index contributed by atoms with van der Waals surface area (Å²) in [6.07, 6.45) is 3.82. The number of nitriles is 1. The number of aromatic nitrogens is 2. The molecule has 3 heterocycles. The fourth-order valence-corrected chi connectivity index (χ4v) is 5.18. The Kier molecular flexibility index (Phi) is 8.12. The number of halogens is 6. The molecular formula is C31H19BClF5N8. The molecule has 1 aliphatic heterocycles. The minimum absolute atomic E-state index is 0.0506. The van der Waals surface area contributed by atoms with E-state index < -0.39 is 34.7 Å². The van der Waals surface area contributed by atoms with E-state index in [1.807, 2.05) is 6.07 Å². The summed E-state index contributed by atoms with van der Waals surface area (Å²) in [6, 6.07) is 14.8. The van der Waals surface area contributed by atoms with Gasteiger partial charge in [0.2, 0.25) is 5.95 Å². The highest BCUT2D eigenvalue weighted by Crippen LogP contribution is 2.38. The van der Waals surface area contributed by atoms with E-state index in [1.54, 1.807) is 6.07 Å². The van der Waals surface area contributed by atoms with Crippen molar-refractivity contribution in [3.05, 3.63) is 136 Å². The molecule has 0 saturated carbocycles. The summed E-state index contributed by atoms with van der Waals surface area (Å²) in [5.74, 6) is -4.48. The van der Waals surface area contributed by atoms with Crippen LogP contribution in [0.15, 0.2) is 85.0 Å². The van der Waals surface area contributed by atoms with Crippen molar-refractivity contribution in [1.29, 1.82) is 5.26 Å². The molecule has 2 radical (unpaired) electrons. The Morgan fingerprint density at radius 1 is 0.935 bits per heavy atom. The van der Waals surface area contributed by atoms with Crippen LogP contribution < -0.4 is 21.6 Å². The van der Waals surface area contributed by atoms with Gasteiger partial charge in [0.05, 0.1) is 51.4 Å². The average molecular weight is 645 g/mol. The normalized spacial score (nSPS) is 13.9. The van der Waals surface area contributed by atoms with Crippen molar-refractivity contribution in [1.82, 2.24) is 25.9 Å². The fourth-order valence-electron chi connectivity index (χ4n) is 4.91. The average Bonchev–Trinajstić information content (AvgIpc) is 3.51. The predicted molar refractivity (Wildman–Crippen MR) is 163 cm³/mol. The molecular weight excluding hydrogens is 626 g/mol. The van der Waals surface area contributed by atoms with Gasteiger partial charge in [0.1, 0.15) is 31.4 Å². The fraction of sp³-hybridized carbons (Fsp3) is 0.0645. The molecule has 0 bridgehead atoms. The number of hydrazine groups is 2. The molecule has 15 heteroatoms. The molecule has 0 aliphatic carbocycles. The van der Waals surface area contributed by atoms with E-state index in [4.69, 9.17) is 19.4 Å². The van der Waals surface area contributed by atoms with E-state index in [0.29, 0.717) is 16.6 Å². The molecule has 1 unspecified atom stereocenters. The summed E-state index contributed by atoms with van der Waals surface area (Å²) in [4.78, 5) is 7.66. The van der Waals surface area contributed by atoms with E-state index >= 15 is 0 Å². The van der Waals surface area contributed by atoms with Gasteiger partial charge >= 0.3 is 0 Å². The highest BCUT2D eigenvalue weighted by Gasteiger charge is 2.34. The van der Waals surface area contributed by atoms with E-state index in [-0.39, 0.29) is 45.3 Å². The molecule has 0 spiro atoms. The van der Waals surface area contributed by atoms with Crippen LogP contribution in [-0.2, 0) is 12.0 Å². The minimum atomic E-state index is -1.64. The van der Waals surface area contributed by atoms with E-state index in [2.05, 4.69) is 31.6 Å². The highest BCUT2D eigenvalue weighted by molar-refractivity contribution is 6.36. The van der Waals surface area contributed by atoms with Crippen LogP contribution in [-0.4, -0.2) is 22.8 Å². The summed E-state index contributed by atoms with van der Waals surface area (Å²) in [5.41, 5.74) is 5.37. The molecule has 2 aromatic heterocycles. The maximum absolute atomic E-state index is 14.4. The Balaban J connectivity index is 1.42. The van der Waals surface area contributed by atoms with Gasteiger partial charge in [0.15, 0.2) is 5.82 Å². The monoisotopic (exact) mass is 644 g/mol. The molecule has 5 aromatic rings. The SMILES string of the molecule is [B]C(Nc1cc(Cl)c2ncc(C#N)c(Nc3cnc(F)c(F)c3)c2c1)(C1=CN(Cc2c(F)cccc2F)NN1)c1ccc(F)cc1. The lowest BCUT2D eigenvalue weighted by molar-refractivity contribution is 0.254. The quantitative estimate of drug-likeness (QED) is 0.0876. The van der Waals surface area contributed by atoms with Gasteiger partial charge in [-0.2, -0.15) is 9.65 Å². The van der Waals surface area contributed by atoms with Gasteiger partial charge in [-0.3, -0.25) is 9.99 Å². The molecule has 0 fully saturated rings. The van der Waals surface area contributed by atoms with Gasteiger partial charge in [0.25, 0.3) is 0 Å². The molecule has 4 N–H and O–H groups in total. The van der Waals surface area contributed by atoms with Gasteiger partial charge < -0.3 is 16.1 Å². The molecule has 0 saturated heterocycles. The molecule has 1 atom stereocenters. The van der Waals surface area contributed by atoms with Crippen LogP contribution in [0.4, 0.5) is 39.0 Å². The number of nitrogens with one attached hydrogen (secondary N) is 4. The first-order valence-corrected chi connectivity index (χ1v) is 13.8. The number of nitrogens with zero attached hydrogens (tertiary/aromatic N) is 4. The Labute approximate surface area is 264 Å². The lowest BCUT2D eigenvalue weighted by Gasteiger charge is -2.34. The van der Waals surface area contributed by atoms with E-state index in [0.717, 1.165) is 24.4 Å². The third-order valence-electron chi connectivity index (χ3n) is 7.19. The zero-order chi connectivity index (χ0) is 32.6. The van der Waals surface area contributed by atoms with Gasteiger partial charge in [0, 0.05) is 35.1 Å². The summed E-state index contributed by atoms with van der Waals surface area (Å²) in [6.45, 7) is -0.215. The Hall–Kier alpha value is -5.39. The molecule has 46 heavy (non-hydrogen) atoms. The first kappa shape index (κ1) is 30.6. The smallest absolute Gasteiger partial charge is 0.249 e. The number of hydrogen-bond donors (Lipinski definition) is 4. The summed E-state index contributed by atoms with van der Waals surface area (Å²) in [7, 11) is 6.97. The van der Waals surface area contributed by atoms with E-state index in [9.17, 15) is 27.2 Å². The second-order valence-electron chi connectivity index (χ2n) is 10.2. The summed E-state index contributed by atoms with van der Waals surface area (Å²) >= 11 is 6.63. The Bertz CT molecular complexity index is 2040. The number of pyridine rings is 2. The highest BCUT2D eigenvalue weighted by atomic mass is 35.5. The molecule has 1 aliphatic rings. The van der Waals surface area contributed by atoms with Crippen molar-refractivity contribution in [2.75, 3.05) is 10.6 Å². The van der Waals surface area contributed by atoms with Crippen molar-refractivity contribution < 1.29 is 22.0 Å². The second kappa shape index (κ2) is 12.2. The third-order valence-corrected chi connectivity index (χ3v) is 7.47. The second-order valence-corrected chi connectivity index (χ2v) is 10.6. The number of fused-ring (bicyclic) bond motifs is 1. The van der Waals surface area contributed by atoms with Crippen LogP contribution in [0.1, 0.15) is 16.7 Å². The maximum Gasteiger partial charge on any atom is 0.249 e. The van der Waals surface area contributed by atoms with Crippen LogP contribution in [0.3, 0.4) is 0 Å². The van der Waals surface area contributed by atoms with Crippen molar-refractivity contribution in [2.45, 2.75) is 12.0 Å². The first-order valence-electron chi connectivity index (χ1n) is 13.4. The number of anilines is 3. The standard InChI is InChI=1S/C31H19BClF5N8/c32-31(17-4-6-18(34)7-5-17,27-15-46(45-44-27)14-22-24(35)2-1-3-25(22)36)43-19-8-21-28(42-20-10-26(37)30(38)41-13-20)16(11-39)12-40-29(21)23(33)9-19/h1-10,12-13,15,43-45H,14H2,(H,40,42). The summed E-state index contributed by atoms with van der Waals surface area (Å²) in [5, 5.41) is 17.7. The Morgan fingerprint density at radius 2 is 1.67 bits per heavy atom. The number of rotatable bonds is 8. The third kappa shape index (κ3) is 5.85. The maximum atomic E-state index is 14.4. The van der Waals surface area contributed by atoms with Crippen LogP contribution in [0.25, 0.3) is 10.9 Å². The van der Waals surface area contributed by atoms with Crippen molar-refractivity contribution >= 4 is 47.4 Å². The first-order chi connectivity index (χ1) is 22.0. The largest absolute Gasteiger partial charge is 0.378 e. The van der Waals surface area contributed by atoms with Crippen LogP contribution >= 0.6 is 11.6 Å². The number of hydrogen-bond acceptors (Lipinski definition) is 8. The molecule has 0 amide bonds. The van der Waals surface area contributed by atoms with Crippen LogP contribution in [0.5, 0.6) is 0 Å². The summed E-state index contributed by atoms with van der Waals surface area (Å²) < 4.78 is 70.1. The topological polar surface area (TPSA) is 101 Å². The minimum Gasteiger partial charge on any atom is -0.378 e. The molecule has 3 aromatic carbocycles. The van der Waals surface area contributed by atoms with Gasteiger partial charge in [-0.05, 0) is 42.0 Å².